The summed E-state index contributed by atoms with van der Waals surface area (Å²) in [6.07, 6.45) is 8.22. The summed E-state index contributed by atoms with van der Waals surface area (Å²) >= 11 is 0. The molecule has 1 saturated heterocycles. The van der Waals surface area contributed by atoms with E-state index in [4.69, 9.17) is 0 Å². The van der Waals surface area contributed by atoms with Gasteiger partial charge in [0.2, 0.25) is 5.91 Å². The van der Waals surface area contributed by atoms with Crippen LogP contribution < -0.4 is 5.32 Å². The third kappa shape index (κ3) is 4.12. The Hall–Kier alpha value is -0.570. The van der Waals surface area contributed by atoms with E-state index in [2.05, 4.69) is 12.2 Å². The highest BCUT2D eigenvalue weighted by atomic mass is 16.2. The molecule has 3 nitrogen and oxygen atoms in total. The van der Waals surface area contributed by atoms with E-state index >= 15 is 0 Å². The van der Waals surface area contributed by atoms with Crippen LogP contribution in [0.1, 0.15) is 51.9 Å². The Morgan fingerprint density at radius 3 is 2.50 bits per heavy atom. The molecule has 94 valence electrons. The molecular weight excluding hydrogens is 200 g/mol. The first-order chi connectivity index (χ1) is 7.79. The summed E-state index contributed by atoms with van der Waals surface area (Å²) in [4.78, 5) is 14.2. The number of rotatable bonds is 6. The minimum Gasteiger partial charge on any atom is -0.341 e. The SMILES string of the molecule is CCCCCC(NC)C(=O)N1CCCCC1. The van der Waals surface area contributed by atoms with E-state index in [1.807, 2.05) is 11.9 Å². The molecule has 1 N–H and O–H groups in total. The van der Waals surface area contributed by atoms with Crippen molar-refractivity contribution in [2.45, 2.75) is 57.9 Å². The molecule has 0 spiro atoms. The summed E-state index contributed by atoms with van der Waals surface area (Å²) in [5.41, 5.74) is 0. The summed E-state index contributed by atoms with van der Waals surface area (Å²) in [5, 5.41) is 3.17. The molecule has 1 fully saturated rings. The third-order valence-corrected chi connectivity index (χ3v) is 3.41. The number of likely N-dealkylation sites (N-methyl/N-ethyl adjacent to an activating group) is 1. The van der Waals surface area contributed by atoms with Gasteiger partial charge in [-0.2, -0.15) is 0 Å². The predicted octanol–water partition coefficient (Wildman–Crippen LogP) is 2.17. The Balaban J connectivity index is 2.35. The minimum atomic E-state index is 0.0460. The van der Waals surface area contributed by atoms with E-state index in [1.165, 1.54) is 32.1 Å². The van der Waals surface area contributed by atoms with Gasteiger partial charge in [-0.3, -0.25) is 4.79 Å². The van der Waals surface area contributed by atoms with Gasteiger partial charge >= 0.3 is 0 Å². The number of carbonyl (C=O) groups excluding carboxylic acids is 1. The van der Waals surface area contributed by atoms with Crippen molar-refractivity contribution >= 4 is 5.91 Å². The van der Waals surface area contributed by atoms with Crippen molar-refractivity contribution in [3.63, 3.8) is 0 Å². The van der Waals surface area contributed by atoms with E-state index in [9.17, 15) is 4.79 Å². The Labute approximate surface area is 99.6 Å². The van der Waals surface area contributed by atoms with Crippen LogP contribution in [0, 0.1) is 0 Å². The zero-order valence-corrected chi connectivity index (χ0v) is 10.8. The molecule has 1 aliphatic heterocycles. The molecule has 0 aliphatic carbocycles. The van der Waals surface area contributed by atoms with E-state index in [0.717, 1.165) is 25.9 Å². The fraction of sp³-hybridized carbons (Fsp3) is 0.923. The molecule has 3 heteroatoms. The molecule has 0 aromatic heterocycles. The number of unbranched alkanes of at least 4 members (excludes halogenated alkanes) is 2. The van der Waals surface area contributed by atoms with Gasteiger partial charge in [-0.05, 0) is 32.7 Å². The standard InChI is InChI=1S/C13H26N2O/c1-3-4-6-9-12(14-2)13(16)15-10-7-5-8-11-15/h12,14H,3-11H2,1-2H3. The molecule has 0 aromatic rings. The van der Waals surface area contributed by atoms with Gasteiger partial charge in [-0.1, -0.05) is 26.2 Å². The molecule has 16 heavy (non-hydrogen) atoms. The van der Waals surface area contributed by atoms with Crippen molar-refractivity contribution in [1.29, 1.82) is 0 Å². The lowest BCUT2D eigenvalue weighted by molar-refractivity contribution is -0.134. The first-order valence-corrected chi connectivity index (χ1v) is 6.75. The summed E-state index contributed by atoms with van der Waals surface area (Å²) in [6.45, 7) is 4.12. The number of hydrogen-bond donors (Lipinski definition) is 1. The Kier molecular flexibility index (Phi) is 6.46. The van der Waals surface area contributed by atoms with E-state index in [-0.39, 0.29) is 6.04 Å². The predicted molar refractivity (Wildman–Crippen MR) is 67.4 cm³/mol. The first-order valence-electron chi connectivity index (χ1n) is 6.75. The maximum Gasteiger partial charge on any atom is 0.239 e. The molecule has 0 saturated carbocycles. The quantitative estimate of drug-likeness (QED) is 0.704. The highest BCUT2D eigenvalue weighted by Crippen LogP contribution is 2.12. The fourth-order valence-corrected chi connectivity index (χ4v) is 2.32. The number of piperidine rings is 1. The van der Waals surface area contributed by atoms with Crippen molar-refractivity contribution in [3.8, 4) is 0 Å². The van der Waals surface area contributed by atoms with Gasteiger partial charge in [-0.15, -0.1) is 0 Å². The summed E-state index contributed by atoms with van der Waals surface area (Å²) in [6, 6.07) is 0.0460. The van der Waals surface area contributed by atoms with Gasteiger partial charge in [0.1, 0.15) is 0 Å². The zero-order valence-electron chi connectivity index (χ0n) is 10.8. The van der Waals surface area contributed by atoms with Crippen molar-refractivity contribution in [1.82, 2.24) is 10.2 Å². The van der Waals surface area contributed by atoms with Gasteiger partial charge < -0.3 is 10.2 Å². The van der Waals surface area contributed by atoms with Gasteiger partial charge in [-0.25, -0.2) is 0 Å². The lowest BCUT2D eigenvalue weighted by Crippen LogP contribution is -2.47. The van der Waals surface area contributed by atoms with E-state index in [0.29, 0.717) is 5.91 Å². The first kappa shape index (κ1) is 13.5. The van der Waals surface area contributed by atoms with E-state index in [1.54, 1.807) is 0 Å². The van der Waals surface area contributed by atoms with Gasteiger partial charge in [0.15, 0.2) is 0 Å². The van der Waals surface area contributed by atoms with Crippen LogP contribution in [-0.2, 0) is 4.79 Å². The van der Waals surface area contributed by atoms with Crippen LogP contribution in [0.4, 0.5) is 0 Å². The molecule has 1 unspecified atom stereocenters. The molecule has 0 bridgehead atoms. The fourth-order valence-electron chi connectivity index (χ4n) is 2.32. The Morgan fingerprint density at radius 1 is 1.25 bits per heavy atom. The molecule has 1 heterocycles. The Morgan fingerprint density at radius 2 is 1.94 bits per heavy atom. The third-order valence-electron chi connectivity index (χ3n) is 3.41. The lowest BCUT2D eigenvalue weighted by atomic mass is 10.1. The number of nitrogens with one attached hydrogen (secondary N) is 1. The topological polar surface area (TPSA) is 32.3 Å². The second-order valence-electron chi connectivity index (χ2n) is 4.72. The summed E-state index contributed by atoms with van der Waals surface area (Å²) in [7, 11) is 1.90. The minimum absolute atomic E-state index is 0.0460. The summed E-state index contributed by atoms with van der Waals surface area (Å²) in [5.74, 6) is 0.318. The van der Waals surface area contributed by atoms with Gasteiger partial charge in [0.25, 0.3) is 0 Å². The smallest absolute Gasteiger partial charge is 0.239 e. The highest BCUT2D eigenvalue weighted by molar-refractivity contribution is 5.81. The summed E-state index contributed by atoms with van der Waals surface area (Å²) < 4.78 is 0. The number of amides is 1. The van der Waals surface area contributed by atoms with Gasteiger partial charge in [0, 0.05) is 13.1 Å². The van der Waals surface area contributed by atoms with Crippen LogP contribution in [0.15, 0.2) is 0 Å². The van der Waals surface area contributed by atoms with Crippen LogP contribution in [0.5, 0.6) is 0 Å². The molecule has 0 radical (unpaired) electrons. The average molecular weight is 226 g/mol. The Bertz CT molecular complexity index is 200. The van der Waals surface area contributed by atoms with Crippen LogP contribution >= 0.6 is 0 Å². The normalized spacial score (nSPS) is 18.5. The van der Waals surface area contributed by atoms with E-state index < -0.39 is 0 Å². The van der Waals surface area contributed by atoms with Crippen molar-refractivity contribution < 1.29 is 4.79 Å². The monoisotopic (exact) mass is 226 g/mol. The van der Waals surface area contributed by atoms with Crippen molar-refractivity contribution in [2.24, 2.45) is 0 Å². The van der Waals surface area contributed by atoms with Crippen LogP contribution in [0.25, 0.3) is 0 Å². The number of likely N-dealkylation sites (tertiary alicyclic amines) is 1. The maximum absolute atomic E-state index is 12.2. The largest absolute Gasteiger partial charge is 0.341 e. The molecule has 1 atom stereocenters. The number of carbonyl (C=O) groups is 1. The van der Waals surface area contributed by atoms with Crippen LogP contribution in [-0.4, -0.2) is 37.0 Å². The second-order valence-corrected chi connectivity index (χ2v) is 4.72. The van der Waals surface area contributed by atoms with Crippen molar-refractivity contribution in [3.05, 3.63) is 0 Å². The second kappa shape index (κ2) is 7.66. The number of hydrogen-bond acceptors (Lipinski definition) is 2. The highest BCUT2D eigenvalue weighted by Gasteiger charge is 2.23. The van der Waals surface area contributed by atoms with Gasteiger partial charge in [0.05, 0.1) is 6.04 Å². The molecule has 0 aromatic carbocycles. The van der Waals surface area contributed by atoms with Crippen molar-refractivity contribution in [2.75, 3.05) is 20.1 Å². The molecular formula is C13H26N2O. The lowest BCUT2D eigenvalue weighted by Gasteiger charge is -2.30. The average Bonchev–Trinajstić information content (AvgIpc) is 2.35. The van der Waals surface area contributed by atoms with Crippen LogP contribution in [0.3, 0.4) is 0 Å². The van der Waals surface area contributed by atoms with Crippen LogP contribution in [0.2, 0.25) is 0 Å². The zero-order chi connectivity index (χ0) is 11.8. The molecule has 1 amide bonds. The number of nitrogens with zero attached hydrogens (tertiary/aromatic N) is 1. The molecule has 1 aliphatic rings. The molecule has 1 rings (SSSR count). The maximum atomic E-state index is 12.2.